The van der Waals surface area contributed by atoms with Crippen LogP contribution in [-0.2, 0) is 6.42 Å². The fraction of sp³-hybridized carbons (Fsp3) is 0.222. The number of nitrogens with one attached hydrogen (secondary N) is 2. The first-order chi connectivity index (χ1) is 29.6. The Balaban J connectivity index is 0.000000169. The minimum Gasteiger partial charge on any atom is -0.493 e. The Morgan fingerprint density at radius 3 is 2.51 bits per heavy atom. The zero-order valence-corrected chi connectivity index (χ0v) is 35.2. The van der Waals surface area contributed by atoms with Gasteiger partial charge in [-0.2, -0.15) is 5.10 Å². The topological polar surface area (TPSA) is 145 Å². The Kier molecular flexibility index (Phi) is 12.3. The largest absolute Gasteiger partial charge is 0.493 e. The number of hydrogen-bond donors (Lipinski definition) is 2. The van der Waals surface area contributed by atoms with Crippen molar-refractivity contribution in [3.63, 3.8) is 0 Å². The molecule has 0 radical (unpaired) electrons. The van der Waals surface area contributed by atoms with E-state index in [0.717, 1.165) is 53.5 Å². The average Bonchev–Trinajstić information content (AvgIpc) is 3.68. The number of ether oxygens (including phenoxy) is 2. The van der Waals surface area contributed by atoms with E-state index in [1.165, 1.54) is 31.6 Å². The van der Waals surface area contributed by atoms with E-state index in [2.05, 4.69) is 74.6 Å². The number of hydrogen-bond acceptors (Lipinski definition) is 11. The lowest BCUT2D eigenvalue weighted by Crippen LogP contribution is -2.32. The lowest BCUT2D eigenvalue weighted by molar-refractivity contribution is 0.0959. The molecule has 13 nitrogen and oxygen atoms in total. The van der Waals surface area contributed by atoms with Crippen LogP contribution in [0.4, 0.5) is 20.3 Å². The van der Waals surface area contributed by atoms with Gasteiger partial charge in [0.1, 0.15) is 29.5 Å². The Hall–Kier alpha value is -6.65. The zero-order chi connectivity index (χ0) is 42.5. The summed E-state index contributed by atoms with van der Waals surface area (Å²) in [7, 11) is 5.21. The molecule has 9 rings (SSSR count). The summed E-state index contributed by atoms with van der Waals surface area (Å²) in [5, 5.41) is 11.9. The molecule has 2 N–H and O–H groups in total. The lowest BCUT2D eigenvalue weighted by Gasteiger charge is -2.28. The third-order valence-electron chi connectivity index (χ3n) is 10.5. The van der Waals surface area contributed by atoms with Gasteiger partial charge >= 0.3 is 0 Å². The number of aromatic nitrogens is 7. The molecule has 0 atom stereocenters. The third kappa shape index (κ3) is 9.40. The van der Waals surface area contributed by atoms with E-state index in [-0.39, 0.29) is 11.4 Å². The molecule has 4 aromatic heterocycles. The molecule has 0 unspecified atom stereocenters. The van der Waals surface area contributed by atoms with Crippen LogP contribution in [0.1, 0.15) is 34.5 Å². The van der Waals surface area contributed by atoms with Crippen molar-refractivity contribution in [2.24, 2.45) is 5.92 Å². The number of methoxy groups -OCH3 is 1. The van der Waals surface area contributed by atoms with Gasteiger partial charge in [0.05, 0.1) is 54.1 Å². The summed E-state index contributed by atoms with van der Waals surface area (Å²) in [4.78, 5) is 35.8. The number of anilines is 2. The first kappa shape index (κ1) is 41.1. The Bertz CT molecular complexity index is 2870. The predicted molar refractivity (Wildman–Crippen MR) is 233 cm³/mol. The molecule has 5 heterocycles. The van der Waals surface area contributed by atoms with Gasteiger partial charge in [-0.05, 0) is 99.1 Å². The summed E-state index contributed by atoms with van der Waals surface area (Å²) in [5.74, 6) is 1.28. The average molecular weight is 888 g/mol. The number of rotatable bonds is 10. The Morgan fingerprint density at radius 1 is 0.885 bits per heavy atom. The van der Waals surface area contributed by atoms with Crippen molar-refractivity contribution >= 4 is 60.9 Å². The predicted octanol–water partition coefficient (Wildman–Crippen LogP) is 8.43. The van der Waals surface area contributed by atoms with Gasteiger partial charge in [0.25, 0.3) is 11.7 Å². The number of likely N-dealkylation sites (tertiary alicyclic amines) is 1. The van der Waals surface area contributed by atoms with Crippen molar-refractivity contribution in [2.75, 3.05) is 46.2 Å². The van der Waals surface area contributed by atoms with E-state index >= 15 is 0 Å². The second-order valence-corrected chi connectivity index (χ2v) is 15.6. The van der Waals surface area contributed by atoms with Crippen LogP contribution in [-0.4, -0.2) is 86.2 Å². The van der Waals surface area contributed by atoms with Gasteiger partial charge < -0.3 is 25.0 Å². The van der Waals surface area contributed by atoms with Crippen molar-refractivity contribution in [1.29, 1.82) is 0 Å². The number of halogens is 3. The maximum absolute atomic E-state index is 14.4. The summed E-state index contributed by atoms with van der Waals surface area (Å²) in [6, 6.07) is 22.9. The fourth-order valence-corrected chi connectivity index (χ4v) is 7.43. The van der Waals surface area contributed by atoms with Crippen LogP contribution in [0.2, 0.25) is 0 Å². The zero-order valence-electron chi connectivity index (χ0n) is 33.6. The molecule has 4 aromatic carbocycles. The second-order valence-electron chi connectivity index (χ2n) is 14.6. The highest BCUT2D eigenvalue weighted by Crippen LogP contribution is 2.36. The van der Waals surface area contributed by atoms with Gasteiger partial charge in [0.2, 0.25) is 0 Å². The summed E-state index contributed by atoms with van der Waals surface area (Å²) < 4.78 is 42.7. The van der Waals surface area contributed by atoms with Gasteiger partial charge in [-0.3, -0.25) is 9.78 Å². The molecular weight excluding hydrogens is 846 g/mol. The van der Waals surface area contributed by atoms with Gasteiger partial charge in [-0.15, -0.1) is 0 Å². The molecule has 0 bridgehead atoms. The monoisotopic (exact) mass is 886 g/mol. The molecule has 310 valence electrons. The highest BCUT2D eigenvalue weighted by atomic mass is 79.9. The molecule has 1 fully saturated rings. The van der Waals surface area contributed by atoms with E-state index in [4.69, 9.17) is 9.47 Å². The van der Waals surface area contributed by atoms with Gasteiger partial charge in [0, 0.05) is 46.5 Å². The number of amides is 1. The van der Waals surface area contributed by atoms with E-state index < -0.39 is 11.7 Å². The number of pyridine rings is 1. The number of piperidine rings is 1. The maximum Gasteiger partial charge on any atom is 0.253 e. The van der Waals surface area contributed by atoms with Gasteiger partial charge in [-0.1, -0.05) is 34.1 Å². The molecule has 0 aliphatic carbocycles. The van der Waals surface area contributed by atoms with Crippen LogP contribution in [0.5, 0.6) is 11.5 Å². The van der Waals surface area contributed by atoms with Crippen LogP contribution in [0.3, 0.4) is 0 Å². The molecule has 16 heteroatoms. The van der Waals surface area contributed by atoms with Crippen LogP contribution in [0.25, 0.3) is 38.8 Å². The first-order valence-corrected chi connectivity index (χ1v) is 20.4. The van der Waals surface area contributed by atoms with E-state index in [9.17, 15) is 13.6 Å². The number of fused-ring (bicyclic) bond motifs is 3. The number of nitrogens with zero attached hydrogens (tertiary/aromatic N) is 8. The molecule has 1 aliphatic rings. The smallest absolute Gasteiger partial charge is 0.253 e. The number of imidazole rings is 1. The SMILES string of the molecule is CNC(=O)c1ccc(-c2cnc3ncc(Cc4ccc5ncccc5c4)n3n2)cc1F.COc1cc2c(Nc3ccc(Br)cc3F)ncnc2cc1OCC1CCN(C)CC1. The fourth-order valence-electron chi connectivity index (χ4n) is 7.10. The molecule has 1 amide bonds. The molecule has 0 saturated carbocycles. The van der Waals surface area contributed by atoms with Crippen molar-refractivity contribution in [3.8, 4) is 22.8 Å². The summed E-state index contributed by atoms with van der Waals surface area (Å²) in [6.07, 6.45) is 9.36. The van der Waals surface area contributed by atoms with E-state index in [1.54, 1.807) is 48.4 Å². The van der Waals surface area contributed by atoms with Crippen LogP contribution < -0.4 is 20.1 Å². The molecule has 0 spiro atoms. The van der Waals surface area contributed by atoms with Crippen molar-refractivity contribution < 1.29 is 23.0 Å². The highest BCUT2D eigenvalue weighted by Gasteiger charge is 2.20. The van der Waals surface area contributed by atoms with Crippen molar-refractivity contribution in [1.82, 2.24) is 44.8 Å². The molecule has 1 saturated heterocycles. The van der Waals surface area contributed by atoms with Crippen LogP contribution >= 0.6 is 15.9 Å². The molecular formula is C45H41BrF2N10O3. The van der Waals surface area contributed by atoms with Crippen molar-refractivity contribution in [3.05, 3.63) is 137 Å². The molecule has 8 aromatic rings. The third-order valence-corrected chi connectivity index (χ3v) is 11.0. The molecule has 61 heavy (non-hydrogen) atoms. The summed E-state index contributed by atoms with van der Waals surface area (Å²) in [5.41, 5.74) is 4.91. The minimum atomic E-state index is -0.616. The number of carbonyl (C=O) groups excluding carboxylic acids is 1. The number of carbonyl (C=O) groups is 1. The van der Waals surface area contributed by atoms with Crippen LogP contribution in [0.15, 0.2) is 108 Å². The molecule has 1 aliphatic heterocycles. The summed E-state index contributed by atoms with van der Waals surface area (Å²) in [6.45, 7) is 2.84. The quantitative estimate of drug-likeness (QED) is 0.137. The Morgan fingerprint density at radius 2 is 1.72 bits per heavy atom. The summed E-state index contributed by atoms with van der Waals surface area (Å²) >= 11 is 3.27. The van der Waals surface area contributed by atoms with E-state index in [1.807, 2.05) is 36.4 Å². The normalized spacial score (nSPS) is 13.2. The standard InChI is InChI=1S/C23H17FN6O.C22H24BrFN4O2/c1-25-22(31)18-6-5-16(11-19(18)24)21-13-28-23-27-12-17(30(23)29-21)10-14-4-7-20-15(9-14)3-2-8-26-20;1-28-7-5-14(6-8-28)12-30-21-11-19-16(10-20(21)29-2)22(26-13-25-19)27-18-4-3-15(23)9-17(18)24/h2-9,11-13H,10H2,1H3,(H,25,31);3-4,9-11,13-14H,5-8,12H2,1-2H3,(H,25,26,27). The maximum atomic E-state index is 14.4. The lowest BCUT2D eigenvalue weighted by atomic mass is 9.98. The van der Waals surface area contributed by atoms with Crippen molar-refractivity contribution in [2.45, 2.75) is 19.3 Å². The van der Waals surface area contributed by atoms with Crippen LogP contribution in [0, 0.1) is 17.6 Å². The Labute approximate surface area is 358 Å². The minimum absolute atomic E-state index is 0.0191. The first-order valence-electron chi connectivity index (χ1n) is 19.6. The van der Waals surface area contributed by atoms with Gasteiger partial charge in [-0.25, -0.2) is 33.2 Å². The van der Waals surface area contributed by atoms with Gasteiger partial charge in [0.15, 0.2) is 11.5 Å². The highest BCUT2D eigenvalue weighted by molar-refractivity contribution is 9.10. The second kappa shape index (κ2) is 18.3. The number of benzene rings is 4. The van der Waals surface area contributed by atoms with E-state index in [0.29, 0.717) is 69.0 Å².